The molecule has 0 unspecified atom stereocenters. The third-order valence-corrected chi connectivity index (χ3v) is 3.36. The van der Waals surface area contributed by atoms with Crippen molar-refractivity contribution in [2.24, 2.45) is 0 Å². The van der Waals surface area contributed by atoms with Crippen molar-refractivity contribution < 1.29 is 9.13 Å². The van der Waals surface area contributed by atoms with Crippen molar-refractivity contribution in [2.45, 2.75) is 0 Å². The molecule has 0 amide bonds. The maximum Gasteiger partial charge on any atom is 0.188 e. The molecule has 4 N–H and O–H groups in total. The molecular formula is C12H9ClFIN2O. The largest absolute Gasteiger partial charge is 0.452 e. The van der Waals surface area contributed by atoms with Gasteiger partial charge in [0.05, 0.1) is 11.4 Å². The fourth-order valence-electron chi connectivity index (χ4n) is 1.37. The van der Waals surface area contributed by atoms with Gasteiger partial charge in [-0.05, 0) is 52.9 Å². The number of nitrogens with two attached hydrogens (primary N) is 2. The Morgan fingerprint density at radius 2 is 1.72 bits per heavy atom. The van der Waals surface area contributed by atoms with Gasteiger partial charge < -0.3 is 16.2 Å². The Morgan fingerprint density at radius 1 is 1.11 bits per heavy atom. The lowest BCUT2D eigenvalue weighted by Crippen LogP contribution is -1.99. The summed E-state index contributed by atoms with van der Waals surface area (Å²) >= 11 is 7.87. The van der Waals surface area contributed by atoms with Crippen LogP contribution in [-0.2, 0) is 0 Å². The summed E-state index contributed by atoms with van der Waals surface area (Å²) < 4.78 is 20.3. The molecular weight excluding hydrogens is 370 g/mol. The van der Waals surface area contributed by atoms with Crippen LogP contribution in [-0.4, -0.2) is 0 Å². The van der Waals surface area contributed by atoms with E-state index in [0.29, 0.717) is 5.75 Å². The van der Waals surface area contributed by atoms with Gasteiger partial charge in [0, 0.05) is 3.57 Å². The first-order chi connectivity index (χ1) is 8.49. The number of halogens is 3. The fourth-order valence-corrected chi connectivity index (χ4v) is 1.87. The highest BCUT2D eigenvalue weighted by molar-refractivity contribution is 14.1. The smallest absolute Gasteiger partial charge is 0.188 e. The van der Waals surface area contributed by atoms with Gasteiger partial charge in [0.2, 0.25) is 0 Å². The van der Waals surface area contributed by atoms with Crippen LogP contribution in [0.2, 0.25) is 5.02 Å². The van der Waals surface area contributed by atoms with E-state index in [1.165, 1.54) is 6.07 Å². The number of rotatable bonds is 2. The Kier molecular flexibility index (Phi) is 3.82. The van der Waals surface area contributed by atoms with Crippen molar-refractivity contribution in [1.82, 2.24) is 0 Å². The summed E-state index contributed by atoms with van der Waals surface area (Å²) in [6, 6.07) is 8.47. The van der Waals surface area contributed by atoms with Crippen LogP contribution in [0.15, 0.2) is 30.3 Å². The molecule has 0 aliphatic heterocycles. The number of hydrogen-bond donors (Lipinski definition) is 2. The summed E-state index contributed by atoms with van der Waals surface area (Å²) in [5.74, 6) is -0.398. The van der Waals surface area contributed by atoms with Crippen LogP contribution in [0.3, 0.4) is 0 Å². The van der Waals surface area contributed by atoms with E-state index in [1.807, 2.05) is 12.1 Å². The van der Waals surface area contributed by atoms with Crippen LogP contribution in [0.5, 0.6) is 11.5 Å². The van der Waals surface area contributed by atoms with Gasteiger partial charge in [-0.25, -0.2) is 4.39 Å². The van der Waals surface area contributed by atoms with Gasteiger partial charge in [-0.3, -0.25) is 0 Å². The molecule has 0 aliphatic carbocycles. The second-order valence-corrected chi connectivity index (χ2v) is 5.19. The first-order valence-electron chi connectivity index (χ1n) is 4.95. The summed E-state index contributed by atoms with van der Waals surface area (Å²) in [7, 11) is 0. The Labute approximate surface area is 122 Å². The number of ether oxygens (including phenoxy) is 1. The van der Waals surface area contributed by atoms with Gasteiger partial charge in [0.15, 0.2) is 11.6 Å². The topological polar surface area (TPSA) is 61.3 Å². The van der Waals surface area contributed by atoms with Crippen molar-refractivity contribution >= 4 is 45.6 Å². The van der Waals surface area contributed by atoms with Gasteiger partial charge >= 0.3 is 0 Å². The van der Waals surface area contributed by atoms with E-state index in [4.69, 9.17) is 27.8 Å². The number of hydrogen-bond acceptors (Lipinski definition) is 3. The second kappa shape index (κ2) is 5.19. The minimum Gasteiger partial charge on any atom is -0.452 e. The lowest BCUT2D eigenvalue weighted by molar-refractivity contribution is 0.445. The average molecular weight is 379 g/mol. The highest BCUT2D eigenvalue weighted by Gasteiger charge is 2.16. The molecule has 0 bridgehead atoms. The summed E-state index contributed by atoms with van der Waals surface area (Å²) in [4.78, 5) is 0. The zero-order valence-corrected chi connectivity index (χ0v) is 12.0. The summed E-state index contributed by atoms with van der Waals surface area (Å²) in [5, 5.41) is -0.190. The molecule has 0 aliphatic rings. The van der Waals surface area contributed by atoms with Gasteiger partial charge in [0.1, 0.15) is 10.8 Å². The predicted molar refractivity (Wildman–Crippen MR) is 79.5 cm³/mol. The molecule has 2 aromatic carbocycles. The molecule has 0 fully saturated rings. The lowest BCUT2D eigenvalue weighted by atomic mass is 10.2. The molecule has 0 saturated heterocycles. The average Bonchev–Trinajstić information content (AvgIpc) is 2.34. The Morgan fingerprint density at radius 3 is 2.33 bits per heavy atom. The molecule has 0 radical (unpaired) electrons. The first-order valence-corrected chi connectivity index (χ1v) is 6.41. The summed E-state index contributed by atoms with van der Waals surface area (Å²) in [6.07, 6.45) is 0. The Bertz CT molecular complexity index is 590. The standard InChI is InChI=1S/C12H9ClFIN2O/c13-10-8(16)5-9(17)12(11(10)14)18-7-3-1-6(15)2-4-7/h1-5H,16-17H2. The normalized spacial score (nSPS) is 10.4. The third-order valence-electron chi connectivity index (χ3n) is 2.25. The highest BCUT2D eigenvalue weighted by atomic mass is 127. The molecule has 6 heteroatoms. The molecule has 0 atom stereocenters. The SMILES string of the molecule is Nc1cc(N)c(Oc2ccc(I)cc2)c(F)c1Cl. The van der Waals surface area contributed by atoms with Crippen LogP contribution < -0.4 is 16.2 Å². The molecule has 0 heterocycles. The van der Waals surface area contributed by atoms with Crippen LogP contribution >= 0.6 is 34.2 Å². The molecule has 2 rings (SSSR count). The van der Waals surface area contributed by atoms with Crippen LogP contribution in [0.1, 0.15) is 0 Å². The van der Waals surface area contributed by atoms with Crippen LogP contribution in [0.4, 0.5) is 15.8 Å². The van der Waals surface area contributed by atoms with Crippen molar-refractivity contribution in [1.29, 1.82) is 0 Å². The first kappa shape index (κ1) is 13.2. The van der Waals surface area contributed by atoms with E-state index in [0.717, 1.165) is 3.57 Å². The van der Waals surface area contributed by atoms with Crippen molar-refractivity contribution in [2.75, 3.05) is 11.5 Å². The fraction of sp³-hybridized carbons (Fsp3) is 0. The molecule has 0 spiro atoms. The minimum atomic E-state index is -0.757. The van der Waals surface area contributed by atoms with E-state index < -0.39 is 5.82 Å². The zero-order valence-electron chi connectivity index (χ0n) is 9.08. The maximum absolute atomic E-state index is 13.9. The third kappa shape index (κ3) is 2.62. The van der Waals surface area contributed by atoms with Gasteiger partial charge in [-0.2, -0.15) is 0 Å². The van der Waals surface area contributed by atoms with Crippen LogP contribution in [0, 0.1) is 9.39 Å². The molecule has 94 valence electrons. The molecule has 0 saturated carbocycles. The van der Waals surface area contributed by atoms with Gasteiger partial charge in [0.25, 0.3) is 0 Å². The lowest BCUT2D eigenvalue weighted by Gasteiger charge is -2.11. The number of benzene rings is 2. The molecule has 3 nitrogen and oxygen atoms in total. The predicted octanol–water partition coefficient (Wildman–Crippen LogP) is 4.04. The molecule has 0 aromatic heterocycles. The van der Waals surface area contributed by atoms with E-state index in [-0.39, 0.29) is 22.1 Å². The monoisotopic (exact) mass is 378 g/mol. The van der Waals surface area contributed by atoms with E-state index in [1.54, 1.807) is 12.1 Å². The van der Waals surface area contributed by atoms with Crippen molar-refractivity contribution in [3.63, 3.8) is 0 Å². The van der Waals surface area contributed by atoms with Gasteiger partial charge in [-0.15, -0.1) is 0 Å². The quantitative estimate of drug-likeness (QED) is 0.612. The Balaban J connectivity index is 2.40. The highest BCUT2D eigenvalue weighted by Crippen LogP contribution is 2.37. The van der Waals surface area contributed by atoms with E-state index >= 15 is 0 Å². The van der Waals surface area contributed by atoms with Crippen molar-refractivity contribution in [3.05, 3.63) is 44.7 Å². The zero-order chi connectivity index (χ0) is 13.3. The summed E-state index contributed by atoms with van der Waals surface area (Å²) in [6.45, 7) is 0. The van der Waals surface area contributed by atoms with E-state index in [9.17, 15) is 4.39 Å². The summed E-state index contributed by atoms with van der Waals surface area (Å²) in [5.41, 5.74) is 11.3. The minimum absolute atomic E-state index is 0.0848. The second-order valence-electron chi connectivity index (χ2n) is 3.57. The van der Waals surface area contributed by atoms with E-state index in [2.05, 4.69) is 22.6 Å². The molecule has 2 aromatic rings. The Hall–Kier alpha value is -1.21. The van der Waals surface area contributed by atoms with Gasteiger partial charge in [-0.1, -0.05) is 11.6 Å². The number of anilines is 2. The van der Waals surface area contributed by atoms with Crippen LogP contribution in [0.25, 0.3) is 0 Å². The van der Waals surface area contributed by atoms with Crippen molar-refractivity contribution in [3.8, 4) is 11.5 Å². The maximum atomic E-state index is 13.9. The molecule has 18 heavy (non-hydrogen) atoms. The number of nitrogen functional groups attached to an aromatic ring is 2.